The van der Waals surface area contributed by atoms with Gasteiger partial charge in [0.2, 0.25) is 0 Å². The van der Waals surface area contributed by atoms with Gasteiger partial charge >= 0.3 is 0 Å². The Bertz CT molecular complexity index is 657. The number of methoxy groups -OCH3 is 1. The van der Waals surface area contributed by atoms with Crippen molar-refractivity contribution in [2.75, 3.05) is 12.8 Å². The maximum Gasteiger partial charge on any atom is 0.185 e. The molecule has 6 nitrogen and oxygen atoms in total. The SMILES string of the molecule is COC1CCC(n2nnnc2-c2cc(N)cc(C)c2F)C1. The summed E-state index contributed by atoms with van der Waals surface area (Å²) in [6.07, 6.45) is 2.91. The predicted molar refractivity (Wildman–Crippen MR) is 76.0 cm³/mol. The van der Waals surface area contributed by atoms with Crippen LogP contribution in [0.4, 0.5) is 10.1 Å². The topological polar surface area (TPSA) is 78.8 Å². The van der Waals surface area contributed by atoms with Crippen LogP contribution in [0.5, 0.6) is 0 Å². The first-order valence-corrected chi connectivity index (χ1v) is 6.96. The van der Waals surface area contributed by atoms with Gasteiger partial charge in [-0.25, -0.2) is 9.07 Å². The normalized spacial score (nSPS) is 21.9. The zero-order chi connectivity index (χ0) is 15.0. The van der Waals surface area contributed by atoms with E-state index in [4.69, 9.17) is 10.5 Å². The number of benzene rings is 1. The first-order valence-electron chi connectivity index (χ1n) is 6.96. The number of ether oxygens (including phenoxy) is 1. The molecular formula is C14H18FN5O. The molecule has 1 aliphatic rings. The Labute approximate surface area is 122 Å². The molecule has 1 aliphatic carbocycles. The van der Waals surface area contributed by atoms with Crippen molar-refractivity contribution in [2.45, 2.75) is 38.3 Å². The van der Waals surface area contributed by atoms with Crippen LogP contribution >= 0.6 is 0 Å². The summed E-state index contributed by atoms with van der Waals surface area (Å²) in [6, 6.07) is 3.30. The van der Waals surface area contributed by atoms with E-state index in [0.717, 1.165) is 19.3 Å². The molecule has 2 N–H and O–H groups in total. The highest BCUT2D eigenvalue weighted by Crippen LogP contribution is 2.34. The van der Waals surface area contributed by atoms with Gasteiger partial charge in [-0.2, -0.15) is 0 Å². The lowest BCUT2D eigenvalue weighted by atomic mass is 10.1. The smallest absolute Gasteiger partial charge is 0.185 e. The molecule has 1 aromatic carbocycles. The minimum Gasteiger partial charge on any atom is -0.399 e. The molecule has 0 spiro atoms. The first-order chi connectivity index (χ1) is 10.1. The number of aryl methyl sites for hydroxylation is 1. The molecule has 2 aromatic rings. The van der Waals surface area contributed by atoms with E-state index in [-0.39, 0.29) is 18.0 Å². The molecule has 112 valence electrons. The highest BCUT2D eigenvalue weighted by Gasteiger charge is 2.29. The van der Waals surface area contributed by atoms with Crippen LogP contribution in [-0.4, -0.2) is 33.4 Å². The van der Waals surface area contributed by atoms with Crippen LogP contribution in [0.15, 0.2) is 12.1 Å². The molecule has 1 saturated carbocycles. The molecule has 0 saturated heterocycles. The Balaban J connectivity index is 2.00. The third-order valence-electron chi connectivity index (χ3n) is 4.05. The van der Waals surface area contributed by atoms with Crippen LogP contribution in [0.1, 0.15) is 30.9 Å². The Hall–Kier alpha value is -2.02. The van der Waals surface area contributed by atoms with E-state index in [1.54, 1.807) is 30.8 Å². The largest absolute Gasteiger partial charge is 0.399 e. The molecule has 2 unspecified atom stereocenters. The van der Waals surface area contributed by atoms with Crippen molar-refractivity contribution in [2.24, 2.45) is 0 Å². The van der Waals surface area contributed by atoms with E-state index >= 15 is 0 Å². The van der Waals surface area contributed by atoms with Crippen molar-refractivity contribution >= 4 is 5.69 Å². The number of nitrogen functional groups attached to an aromatic ring is 1. The molecule has 0 bridgehead atoms. The van der Waals surface area contributed by atoms with Crippen molar-refractivity contribution in [3.05, 3.63) is 23.5 Å². The third-order valence-corrected chi connectivity index (χ3v) is 4.05. The van der Waals surface area contributed by atoms with Crippen LogP contribution in [0.2, 0.25) is 0 Å². The van der Waals surface area contributed by atoms with Crippen molar-refractivity contribution in [1.82, 2.24) is 20.2 Å². The second-order valence-corrected chi connectivity index (χ2v) is 5.47. The second kappa shape index (κ2) is 5.40. The van der Waals surface area contributed by atoms with E-state index < -0.39 is 0 Å². The van der Waals surface area contributed by atoms with E-state index in [2.05, 4.69) is 15.5 Å². The number of rotatable bonds is 3. The number of aromatic nitrogens is 4. The van der Waals surface area contributed by atoms with Crippen molar-refractivity contribution < 1.29 is 9.13 Å². The van der Waals surface area contributed by atoms with Gasteiger partial charge < -0.3 is 10.5 Å². The van der Waals surface area contributed by atoms with Gasteiger partial charge in [-0.15, -0.1) is 5.10 Å². The summed E-state index contributed by atoms with van der Waals surface area (Å²) in [5, 5.41) is 11.7. The lowest BCUT2D eigenvalue weighted by Crippen LogP contribution is -2.12. The second-order valence-electron chi connectivity index (χ2n) is 5.47. The zero-order valence-corrected chi connectivity index (χ0v) is 12.1. The standard InChI is InChI=1S/C14H18FN5O/c1-8-5-9(16)6-12(13(8)15)14-17-18-19-20(14)10-3-4-11(7-10)21-2/h5-6,10-11H,3-4,7,16H2,1-2H3. The minimum atomic E-state index is -0.332. The number of anilines is 1. The van der Waals surface area contributed by atoms with Crippen LogP contribution in [0.3, 0.4) is 0 Å². The van der Waals surface area contributed by atoms with E-state index in [1.807, 2.05) is 0 Å². The van der Waals surface area contributed by atoms with E-state index in [1.165, 1.54) is 0 Å². The Morgan fingerprint density at radius 3 is 2.90 bits per heavy atom. The summed E-state index contributed by atoms with van der Waals surface area (Å²) in [5.41, 5.74) is 7.15. The minimum absolute atomic E-state index is 0.126. The average Bonchev–Trinajstić information content (AvgIpc) is 3.10. The highest BCUT2D eigenvalue weighted by atomic mass is 19.1. The summed E-state index contributed by atoms with van der Waals surface area (Å²) in [7, 11) is 1.70. The van der Waals surface area contributed by atoms with Crippen LogP contribution in [0.25, 0.3) is 11.4 Å². The lowest BCUT2D eigenvalue weighted by Gasteiger charge is -2.13. The van der Waals surface area contributed by atoms with E-state index in [9.17, 15) is 4.39 Å². The zero-order valence-electron chi connectivity index (χ0n) is 12.1. The summed E-state index contributed by atoms with van der Waals surface area (Å²) < 4.78 is 21.4. The monoisotopic (exact) mass is 291 g/mol. The van der Waals surface area contributed by atoms with Gasteiger partial charge in [-0.3, -0.25) is 0 Å². The molecule has 7 heteroatoms. The van der Waals surface area contributed by atoms with Crippen LogP contribution in [0, 0.1) is 12.7 Å². The van der Waals surface area contributed by atoms with Gasteiger partial charge in [0.15, 0.2) is 5.82 Å². The molecule has 21 heavy (non-hydrogen) atoms. The fourth-order valence-corrected chi connectivity index (χ4v) is 2.93. The summed E-state index contributed by atoms with van der Waals surface area (Å²) >= 11 is 0. The van der Waals surface area contributed by atoms with Crippen molar-refractivity contribution in [1.29, 1.82) is 0 Å². The van der Waals surface area contributed by atoms with Gasteiger partial charge in [0.05, 0.1) is 17.7 Å². The number of tetrazole rings is 1. The molecule has 0 amide bonds. The average molecular weight is 291 g/mol. The fourth-order valence-electron chi connectivity index (χ4n) is 2.93. The summed E-state index contributed by atoms with van der Waals surface area (Å²) in [4.78, 5) is 0. The van der Waals surface area contributed by atoms with Crippen molar-refractivity contribution in [3.8, 4) is 11.4 Å². The number of halogens is 1. The first kappa shape index (κ1) is 13.9. The van der Waals surface area contributed by atoms with Crippen LogP contribution < -0.4 is 5.73 Å². The Kier molecular flexibility index (Phi) is 3.59. The number of hydrogen-bond donors (Lipinski definition) is 1. The van der Waals surface area contributed by atoms with Crippen LogP contribution in [-0.2, 0) is 4.74 Å². The maximum atomic E-state index is 14.4. The van der Waals surface area contributed by atoms with Crippen molar-refractivity contribution in [3.63, 3.8) is 0 Å². The number of nitrogens with zero attached hydrogens (tertiary/aromatic N) is 4. The summed E-state index contributed by atoms with van der Waals surface area (Å²) in [5.74, 6) is 0.0891. The van der Waals surface area contributed by atoms with Gasteiger partial charge in [-0.05, 0) is 54.3 Å². The number of nitrogens with two attached hydrogens (primary N) is 1. The Morgan fingerprint density at radius 2 is 2.19 bits per heavy atom. The molecule has 3 rings (SSSR count). The third kappa shape index (κ3) is 2.49. The molecule has 1 fully saturated rings. The Morgan fingerprint density at radius 1 is 1.38 bits per heavy atom. The van der Waals surface area contributed by atoms with Gasteiger partial charge in [0.25, 0.3) is 0 Å². The molecule has 0 aliphatic heterocycles. The molecular weight excluding hydrogens is 273 g/mol. The molecule has 2 atom stereocenters. The maximum absolute atomic E-state index is 14.4. The summed E-state index contributed by atoms with van der Waals surface area (Å²) in [6.45, 7) is 1.68. The van der Waals surface area contributed by atoms with Gasteiger partial charge in [-0.1, -0.05) is 0 Å². The molecule has 1 aromatic heterocycles. The van der Waals surface area contributed by atoms with E-state index in [0.29, 0.717) is 22.6 Å². The molecule has 1 heterocycles. The fraction of sp³-hybridized carbons (Fsp3) is 0.500. The quantitative estimate of drug-likeness (QED) is 0.876. The predicted octanol–water partition coefficient (Wildman–Crippen LogP) is 2.11. The highest BCUT2D eigenvalue weighted by molar-refractivity contribution is 5.63. The van der Waals surface area contributed by atoms with Gasteiger partial charge in [0.1, 0.15) is 5.82 Å². The molecule has 0 radical (unpaired) electrons. The van der Waals surface area contributed by atoms with Gasteiger partial charge in [0, 0.05) is 12.8 Å². The number of hydrogen-bond acceptors (Lipinski definition) is 5. The lowest BCUT2D eigenvalue weighted by molar-refractivity contribution is 0.105.